The second kappa shape index (κ2) is 13.7. The molecule has 4 aromatic rings. The molecular weight excluding hydrogens is 515 g/mol. The molecule has 202 valence electrons. The summed E-state index contributed by atoms with van der Waals surface area (Å²) >= 11 is 1.48. The van der Waals surface area contributed by atoms with E-state index in [1.54, 1.807) is 19.1 Å². The van der Waals surface area contributed by atoms with E-state index in [9.17, 15) is 14.0 Å². The van der Waals surface area contributed by atoms with E-state index < -0.39 is 12.0 Å². The Kier molecular flexibility index (Phi) is 9.85. The molecule has 1 aromatic heterocycles. The van der Waals surface area contributed by atoms with Gasteiger partial charge in [0.25, 0.3) is 0 Å². The minimum atomic E-state index is -0.504. The summed E-state index contributed by atoms with van der Waals surface area (Å²) in [5, 5.41) is 12.8. The number of benzene rings is 3. The molecule has 0 spiro atoms. The summed E-state index contributed by atoms with van der Waals surface area (Å²) in [4.78, 5) is 24.8. The van der Waals surface area contributed by atoms with Gasteiger partial charge in [-0.3, -0.25) is 14.2 Å². The average molecular weight is 547 g/mol. The lowest BCUT2D eigenvalue weighted by atomic mass is 10.0. The normalized spacial score (nSPS) is 11.7. The van der Waals surface area contributed by atoms with Gasteiger partial charge in [-0.25, -0.2) is 4.39 Å². The van der Waals surface area contributed by atoms with Gasteiger partial charge in [0.1, 0.15) is 5.82 Å². The fourth-order valence-electron chi connectivity index (χ4n) is 4.04. The molecule has 1 N–H and O–H groups in total. The second-order valence-electron chi connectivity index (χ2n) is 9.04. The van der Waals surface area contributed by atoms with Gasteiger partial charge in [0, 0.05) is 17.9 Å². The predicted octanol–water partition coefficient (Wildman–Crippen LogP) is 5.75. The highest BCUT2D eigenvalue weighted by Gasteiger charge is 2.25. The summed E-state index contributed by atoms with van der Waals surface area (Å²) < 4.78 is 20.3. The van der Waals surface area contributed by atoms with Crippen LogP contribution in [0, 0.1) is 12.7 Å². The van der Waals surface area contributed by atoms with Crippen molar-refractivity contribution in [3.63, 3.8) is 0 Å². The van der Waals surface area contributed by atoms with Gasteiger partial charge < -0.3 is 10.1 Å². The number of halogens is 1. The van der Waals surface area contributed by atoms with E-state index in [-0.39, 0.29) is 31.2 Å². The minimum absolute atomic E-state index is 0.00115. The number of nitrogens with one attached hydrogen (secondary N) is 1. The third-order valence-electron chi connectivity index (χ3n) is 6.02. The highest BCUT2D eigenvalue weighted by atomic mass is 32.2. The molecule has 39 heavy (non-hydrogen) atoms. The van der Waals surface area contributed by atoms with Gasteiger partial charge in [-0.15, -0.1) is 10.2 Å². The fraction of sp³-hybridized carbons (Fsp3) is 0.267. The Morgan fingerprint density at radius 2 is 1.67 bits per heavy atom. The van der Waals surface area contributed by atoms with E-state index in [1.165, 1.54) is 23.9 Å². The number of carbonyl (C=O) groups is 2. The van der Waals surface area contributed by atoms with Gasteiger partial charge in [-0.05, 0) is 55.7 Å². The molecule has 0 aliphatic heterocycles. The van der Waals surface area contributed by atoms with E-state index in [0.717, 1.165) is 22.4 Å². The highest BCUT2D eigenvalue weighted by molar-refractivity contribution is 7.98. The Morgan fingerprint density at radius 3 is 2.36 bits per heavy atom. The second-order valence-corrected chi connectivity index (χ2v) is 9.98. The average Bonchev–Trinajstić information content (AvgIpc) is 3.36. The number of rotatable bonds is 12. The first-order valence-electron chi connectivity index (χ1n) is 12.8. The standard InChI is InChI=1S/C30H31FN4O3S/c1-3-38-28(37)18-17-27(36)32-26(19-22-7-5-4-6-8-22)29-33-34-30(35(29)25-15-9-21(2)10-16-25)39-20-23-11-13-24(31)14-12-23/h4-16,26H,3,17-20H2,1-2H3,(H,32,36). The van der Waals surface area contributed by atoms with Crippen molar-refractivity contribution in [1.82, 2.24) is 20.1 Å². The van der Waals surface area contributed by atoms with Crippen molar-refractivity contribution < 1.29 is 18.7 Å². The lowest BCUT2D eigenvalue weighted by Crippen LogP contribution is -2.32. The quantitative estimate of drug-likeness (QED) is 0.180. The van der Waals surface area contributed by atoms with Gasteiger partial charge in [0.15, 0.2) is 11.0 Å². The van der Waals surface area contributed by atoms with Crippen molar-refractivity contribution in [2.75, 3.05) is 6.61 Å². The third-order valence-corrected chi connectivity index (χ3v) is 7.02. The molecular formula is C30H31FN4O3S. The summed E-state index contributed by atoms with van der Waals surface area (Å²) in [5.74, 6) is 0.183. The Bertz CT molecular complexity index is 1380. The molecule has 0 fully saturated rings. The molecule has 7 nitrogen and oxygen atoms in total. The molecule has 0 bridgehead atoms. The van der Waals surface area contributed by atoms with E-state index in [4.69, 9.17) is 4.74 Å². The zero-order chi connectivity index (χ0) is 27.6. The van der Waals surface area contributed by atoms with Crippen LogP contribution in [-0.4, -0.2) is 33.2 Å². The van der Waals surface area contributed by atoms with Gasteiger partial charge in [-0.1, -0.05) is 71.9 Å². The lowest BCUT2D eigenvalue weighted by molar-refractivity contribution is -0.144. The number of amides is 1. The Hall–Kier alpha value is -3.98. The SMILES string of the molecule is CCOC(=O)CCC(=O)NC(Cc1ccccc1)c1nnc(SCc2ccc(F)cc2)n1-c1ccc(C)cc1. The lowest BCUT2D eigenvalue weighted by Gasteiger charge is -2.20. The molecule has 0 radical (unpaired) electrons. The molecule has 3 aromatic carbocycles. The van der Waals surface area contributed by atoms with Crippen molar-refractivity contribution in [3.8, 4) is 5.69 Å². The molecule has 1 atom stereocenters. The molecule has 0 saturated heterocycles. The number of thioether (sulfide) groups is 1. The molecule has 1 amide bonds. The first-order chi connectivity index (χ1) is 18.9. The van der Waals surface area contributed by atoms with Crippen molar-refractivity contribution in [2.24, 2.45) is 0 Å². The maximum absolute atomic E-state index is 13.4. The summed E-state index contributed by atoms with van der Waals surface area (Å²) in [6, 6.07) is 23.7. The smallest absolute Gasteiger partial charge is 0.306 e. The van der Waals surface area contributed by atoms with Crippen LogP contribution in [0.4, 0.5) is 4.39 Å². The maximum Gasteiger partial charge on any atom is 0.306 e. The van der Waals surface area contributed by atoms with Gasteiger partial charge in [-0.2, -0.15) is 0 Å². The number of aromatic nitrogens is 3. The number of aryl methyl sites for hydroxylation is 1. The Labute approximate surface area is 231 Å². The highest BCUT2D eigenvalue weighted by Crippen LogP contribution is 2.29. The number of hydrogen-bond acceptors (Lipinski definition) is 6. The van der Waals surface area contributed by atoms with Gasteiger partial charge in [0.05, 0.1) is 19.1 Å². The largest absolute Gasteiger partial charge is 0.466 e. The molecule has 1 heterocycles. The van der Waals surface area contributed by atoms with Crippen molar-refractivity contribution in [1.29, 1.82) is 0 Å². The van der Waals surface area contributed by atoms with Crippen LogP contribution in [0.15, 0.2) is 84.0 Å². The number of nitrogens with zero attached hydrogens (tertiary/aromatic N) is 3. The van der Waals surface area contributed by atoms with E-state index in [0.29, 0.717) is 23.2 Å². The van der Waals surface area contributed by atoms with Gasteiger partial charge >= 0.3 is 5.97 Å². The van der Waals surface area contributed by atoms with Crippen molar-refractivity contribution in [2.45, 2.75) is 50.1 Å². The first-order valence-corrected chi connectivity index (χ1v) is 13.8. The Balaban J connectivity index is 1.66. The summed E-state index contributed by atoms with van der Waals surface area (Å²) in [5.41, 5.74) is 3.95. The van der Waals surface area contributed by atoms with E-state index in [2.05, 4.69) is 15.5 Å². The Morgan fingerprint density at radius 1 is 0.949 bits per heavy atom. The number of ether oxygens (including phenoxy) is 1. The third kappa shape index (κ3) is 8.00. The van der Waals surface area contributed by atoms with Crippen LogP contribution in [0.25, 0.3) is 5.69 Å². The zero-order valence-corrected chi connectivity index (χ0v) is 22.8. The molecule has 1 unspecified atom stereocenters. The molecule has 0 saturated carbocycles. The fourth-order valence-corrected chi connectivity index (χ4v) is 4.95. The van der Waals surface area contributed by atoms with Crippen molar-refractivity contribution >= 4 is 23.6 Å². The predicted molar refractivity (Wildman–Crippen MR) is 149 cm³/mol. The maximum atomic E-state index is 13.4. The monoisotopic (exact) mass is 546 g/mol. The van der Waals surface area contributed by atoms with Crippen LogP contribution >= 0.6 is 11.8 Å². The summed E-state index contributed by atoms with van der Waals surface area (Å²) in [6.07, 6.45) is 0.495. The van der Waals surface area contributed by atoms with Gasteiger partial charge in [0.2, 0.25) is 5.91 Å². The minimum Gasteiger partial charge on any atom is -0.466 e. The number of esters is 1. The van der Waals surface area contributed by atoms with E-state index in [1.807, 2.05) is 66.1 Å². The molecule has 4 rings (SSSR count). The van der Waals surface area contributed by atoms with Crippen LogP contribution in [-0.2, 0) is 26.5 Å². The summed E-state index contributed by atoms with van der Waals surface area (Å²) in [7, 11) is 0. The van der Waals surface area contributed by atoms with E-state index >= 15 is 0 Å². The van der Waals surface area contributed by atoms with Crippen LogP contribution in [0.5, 0.6) is 0 Å². The van der Waals surface area contributed by atoms with Crippen LogP contribution in [0.3, 0.4) is 0 Å². The number of hydrogen-bond donors (Lipinski definition) is 1. The topological polar surface area (TPSA) is 86.1 Å². The van der Waals surface area contributed by atoms with Crippen LogP contribution < -0.4 is 5.32 Å². The molecule has 0 aliphatic carbocycles. The number of carbonyl (C=O) groups excluding carboxylic acids is 2. The first kappa shape index (κ1) is 28.0. The molecule has 0 aliphatic rings. The summed E-state index contributed by atoms with van der Waals surface area (Å²) in [6.45, 7) is 4.02. The zero-order valence-electron chi connectivity index (χ0n) is 22.0. The van der Waals surface area contributed by atoms with Crippen LogP contribution in [0.1, 0.15) is 48.3 Å². The molecule has 9 heteroatoms. The van der Waals surface area contributed by atoms with Crippen LogP contribution in [0.2, 0.25) is 0 Å². The van der Waals surface area contributed by atoms with Crippen molar-refractivity contribution in [3.05, 3.63) is 107 Å².